The Balaban J connectivity index is 1.52. The van der Waals surface area contributed by atoms with Crippen LogP contribution >= 0.6 is 35.0 Å². The van der Waals surface area contributed by atoms with E-state index in [1.165, 1.54) is 11.8 Å². The zero-order valence-electron chi connectivity index (χ0n) is 16.5. The van der Waals surface area contributed by atoms with Crippen molar-refractivity contribution in [2.24, 2.45) is 0 Å². The molecule has 4 aromatic rings. The van der Waals surface area contributed by atoms with Crippen LogP contribution in [0.1, 0.15) is 11.3 Å². The van der Waals surface area contributed by atoms with Gasteiger partial charge in [0, 0.05) is 11.3 Å². The molecule has 1 amide bonds. The van der Waals surface area contributed by atoms with E-state index in [2.05, 4.69) is 15.5 Å². The van der Waals surface area contributed by atoms with Gasteiger partial charge in [0.1, 0.15) is 5.76 Å². The molecule has 158 valence electrons. The first-order valence-electron chi connectivity index (χ1n) is 9.40. The molecule has 0 atom stereocenters. The summed E-state index contributed by atoms with van der Waals surface area (Å²) in [6, 6.07) is 16.7. The van der Waals surface area contributed by atoms with Crippen molar-refractivity contribution >= 4 is 46.6 Å². The summed E-state index contributed by atoms with van der Waals surface area (Å²) < 4.78 is 7.45. The number of benzene rings is 2. The SMILES string of the molecule is Cc1ccc(-c2nnc(SCC(=O)Nc3ccc(Cl)c(Cl)c3)n2Cc2ccco2)cc1. The van der Waals surface area contributed by atoms with Crippen LogP contribution < -0.4 is 5.32 Å². The summed E-state index contributed by atoms with van der Waals surface area (Å²) in [5.41, 5.74) is 2.68. The number of carbonyl (C=O) groups excluding carboxylic acids is 1. The number of hydrogen-bond donors (Lipinski definition) is 1. The predicted molar refractivity (Wildman–Crippen MR) is 124 cm³/mol. The molecule has 31 heavy (non-hydrogen) atoms. The highest BCUT2D eigenvalue weighted by Crippen LogP contribution is 2.27. The standard InChI is InChI=1S/C22H18Cl2N4O2S/c1-14-4-6-15(7-5-14)21-26-27-22(28(21)12-17-3-2-10-30-17)31-13-20(29)25-16-8-9-18(23)19(24)11-16/h2-11H,12-13H2,1H3,(H,25,29). The fourth-order valence-corrected chi connectivity index (χ4v) is 3.95. The van der Waals surface area contributed by atoms with E-state index in [1.807, 2.05) is 47.9 Å². The van der Waals surface area contributed by atoms with Gasteiger partial charge in [0.25, 0.3) is 0 Å². The number of aromatic nitrogens is 3. The Morgan fingerprint density at radius 1 is 1.10 bits per heavy atom. The van der Waals surface area contributed by atoms with E-state index in [9.17, 15) is 4.79 Å². The van der Waals surface area contributed by atoms with Gasteiger partial charge >= 0.3 is 0 Å². The Hall–Kier alpha value is -2.74. The molecule has 6 nitrogen and oxygen atoms in total. The lowest BCUT2D eigenvalue weighted by Gasteiger charge is -2.10. The lowest BCUT2D eigenvalue weighted by Crippen LogP contribution is -2.14. The molecule has 1 N–H and O–H groups in total. The van der Waals surface area contributed by atoms with Gasteiger partial charge in [-0.15, -0.1) is 10.2 Å². The van der Waals surface area contributed by atoms with Crippen LogP contribution in [0.5, 0.6) is 0 Å². The van der Waals surface area contributed by atoms with Crippen LogP contribution in [0, 0.1) is 6.92 Å². The maximum Gasteiger partial charge on any atom is 0.234 e. The van der Waals surface area contributed by atoms with Crippen LogP contribution in [0.4, 0.5) is 5.69 Å². The predicted octanol–water partition coefficient (Wildman–Crippen LogP) is 5.93. The molecule has 0 unspecified atom stereocenters. The quantitative estimate of drug-likeness (QED) is 0.337. The molecule has 0 bridgehead atoms. The Morgan fingerprint density at radius 2 is 1.90 bits per heavy atom. The van der Waals surface area contributed by atoms with Gasteiger partial charge in [-0.1, -0.05) is 64.8 Å². The van der Waals surface area contributed by atoms with E-state index < -0.39 is 0 Å². The molecule has 0 saturated carbocycles. The van der Waals surface area contributed by atoms with Gasteiger partial charge in [-0.05, 0) is 37.3 Å². The molecule has 0 fully saturated rings. The molecule has 0 radical (unpaired) electrons. The van der Waals surface area contributed by atoms with Crippen LogP contribution in [-0.4, -0.2) is 26.4 Å². The average Bonchev–Trinajstić information content (AvgIpc) is 3.40. The third-order valence-electron chi connectivity index (χ3n) is 4.46. The normalized spacial score (nSPS) is 10.9. The highest BCUT2D eigenvalue weighted by molar-refractivity contribution is 7.99. The molecule has 0 aliphatic heterocycles. The summed E-state index contributed by atoms with van der Waals surface area (Å²) in [5.74, 6) is 1.46. The summed E-state index contributed by atoms with van der Waals surface area (Å²) in [6.45, 7) is 2.49. The number of nitrogens with zero attached hydrogens (tertiary/aromatic N) is 3. The minimum absolute atomic E-state index is 0.157. The van der Waals surface area contributed by atoms with Crippen molar-refractivity contribution in [3.05, 3.63) is 82.2 Å². The second-order valence-corrected chi connectivity index (χ2v) is 8.56. The molecule has 2 heterocycles. The molecule has 9 heteroatoms. The number of halogens is 2. The summed E-state index contributed by atoms with van der Waals surface area (Å²) in [7, 11) is 0. The molecule has 2 aromatic heterocycles. The molecule has 0 aliphatic carbocycles. The second-order valence-electron chi connectivity index (χ2n) is 6.80. The van der Waals surface area contributed by atoms with Crippen LogP contribution in [0.15, 0.2) is 70.4 Å². The van der Waals surface area contributed by atoms with Crippen LogP contribution in [0.2, 0.25) is 10.0 Å². The Morgan fingerprint density at radius 3 is 2.61 bits per heavy atom. The van der Waals surface area contributed by atoms with Gasteiger partial charge in [0.15, 0.2) is 11.0 Å². The zero-order valence-corrected chi connectivity index (χ0v) is 18.8. The Kier molecular flexibility index (Phi) is 6.65. The van der Waals surface area contributed by atoms with Crippen molar-refractivity contribution in [2.45, 2.75) is 18.6 Å². The topological polar surface area (TPSA) is 73.0 Å². The third-order valence-corrected chi connectivity index (χ3v) is 6.16. The Bertz CT molecular complexity index is 1190. The van der Waals surface area contributed by atoms with Gasteiger partial charge in [0.2, 0.25) is 5.91 Å². The summed E-state index contributed by atoms with van der Waals surface area (Å²) in [5, 5.41) is 12.9. The molecule has 0 aliphatic rings. The fourth-order valence-electron chi connectivity index (χ4n) is 2.91. The van der Waals surface area contributed by atoms with E-state index in [-0.39, 0.29) is 11.7 Å². The van der Waals surface area contributed by atoms with Gasteiger partial charge in [-0.25, -0.2) is 0 Å². The van der Waals surface area contributed by atoms with Crippen LogP contribution in [-0.2, 0) is 11.3 Å². The van der Waals surface area contributed by atoms with Crippen LogP contribution in [0.3, 0.4) is 0 Å². The molecule has 2 aromatic carbocycles. The monoisotopic (exact) mass is 472 g/mol. The van der Waals surface area contributed by atoms with Crippen molar-refractivity contribution < 1.29 is 9.21 Å². The van der Waals surface area contributed by atoms with Crippen LogP contribution in [0.25, 0.3) is 11.4 Å². The lowest BCUT2D eigenvalue weighted by atomic mass is 10.1. The number of rotatable bonds is 7. The first-order chi connectivity index (χ1) is 15.0. The van der Waals surface area contributed by atoms with Crippen molar-refractivity contribution in [2.75, 3.05) is 11.1 Å². The number of furan rings is 1. The maximum atomic E-state index is 12.4. The number of thioether (sulfide) groups is 1. The number of carbonyl (C=O) groups is 1. The number of amides is 1. The highest BCUT2D eigenvalue weighted by Gasteiger charge is 2.17. The zero-order chi connectivity index (χ0) is 21.8. The van der Waals surface area contributed by atoms with Gasteiger partial charge in [-0.3, -0.25) is 9.36 Å². The fraction of sp³-hybridized carbons (Fsp3) is 0.136. The van der Waals surface area contributed by atoms with Crippen molar-refractivity contribution in [1.82, 2.24) is 14.8 Å². The summed E-state index contributed by atoms with van der Waals surface area (Å²) >= 11 is 13.2. The van der Waals surface area contributed by atoms with Crippen molar-refractivity contribution in [3.8, 4) is 11.4 Å². The van der Waals surface area contributed by atoms with E-state index in [0.29, 0.717) is 33.3 Å². The van der Waals surface area contributed by atoms with Gasteiger partial charge < -0.3 is 9.73 Å². The van der Waals surface area contributed by atoms with E-state index in [0.717, 1.165) is 16.9 Å². The summed E-state index contributed by atoms with van der Waals surface area (Å²) in [6.07, 6.45) is 1.63. The van der Waals surface area contributed by atoms with Gasteiger partial charge in [-0.2, -0.15) is 0 Å². The lowest BCUT2D eigenvalue weighted by molar-refractivity contribution is -0.113. The highest BCUT2D eigenvalue weighted by atomic mass is 35.5. The van der Waals surface area contributed by atoms with Crippen molar-refractivity contribution in [1.29, 1.82) is 0 Å². The number of hydrogen-bond acceptors (Lipinski definition) is 5. The number of anilines is 1. The summed E-state index contributed by atoms with van der Waals surface area (Å²) in [4.78, 5) is 12.4. The van der Waals surface area contributed by atoms with Crippen molar-refractivity contribution in [3.63, 3.8) is 0 Å². The molecular weight excluding hydrogens is 455 g/mol. The largest absolute Gasteiger partial charge is 0.467 e. The Labute approximate surface area is 193 Å². The molecule has 0 saturated heterocycles. The maximum absolute atomic E-state index is 12.4. The number of aryl methyl sites for hydroxylation is 1. The van der Waals surface area contributed by atoms with Gasteiger partial charge in [0.05, 0.1) is 28.6 Å². The first-order valence-corrected chi connectivity index (χ1v) is 11.1. The third kappa shape index (κ3) is 5.31. The number of nitrogens with one attached hydrogen (secondary N) is 1. The van der Waals surface area contributed by atoms with E-state index in [4.69, 9.17) is 27.6 Å². The second kappa shape index (κ2) is 9.60. The molecule has 0 spiro atoms. The van der Waals surface area contributed by atoms with E-state index >= 15 is 0 Å². The first kappa shape index (κ1) is 21.5. The minimum atomic E-state index is -0.187. The smallest absolute Gasteiger partial charge is 0.234 e. The minimum Gasteiger partial charge on any atom is -0.467 e. The average molecular weight is 473 g/mol. The molecular formula is C22H18Cl2N4O2S. The molecule has 4 rings (SSSR count). The van der Waals surface area contributed by atoms with E-state index in [1.54, 1.807) is 24.5 Å².